The van der Waals surface area contributed by atoms with Crippen molar-refractivity contribution in [1.29, 1.82) is 0 Å². The minimum absolute atomic E-state index is 0.118. The average molecular weight is 248 g/mol. The maximum atomic E-state index is 11.4. The van der Waals surface area contributed by atoms with E-state index in [-0.39, 0.29) is 10.5 Å². The van der Waals surface area contributed by atoms with Crippen LogP contribution in [-0.2, 0) is 0 Å². The Balaban J connectivity index is 2.36. The molecule has 17 heavy (non-hydrogen) atoms. The topological polar surface area (TPSA) is 83.3 Å². The summed E-state index contributed by atoms with van der Waals surface area (Å²) in [7, 11) is 0. The van der Waals surface area contributed by atoms with Crippen LogP contribution in [0.3, 0.4) is 0 Å². The normalized spacial score (nSPS) is 10.8. The van der Waals surface area contributed by atoms with Gasteiger partial charge in [-0.15, -0.1) is 0 Å². The first kappa shape index (κ1) is 11.2. The van der Waals surface area contributed by atoms with E-state index in [0.717, 1.165) is 16.4 Å². The molecule has 1 heterocycles. The minimum Gasteiger partial charge on any atom is -0.508 e. The van der Waals surface area contributed by atoms with Crippen LogP contribution in [0.1, 0.15) is 5.56 Å². The lowest BCUT2D eigenvalue weighted by molar-refractivity contribution is 0.475. The summed E-state index contributed by atoms with van der Waals surface area (Å²) in [6, 6.07) is 6.38. The van der Waals surface area contributed by atoms with Gasteiger partial charge < -0.3 is 5.11 Å². The SMILES string of the molecule is O=c1cn[nH]c(=S)n1/N=C/c1ccc(O)cc1. The Morgan fingerprint density at radius 1 is 1.41 bits per heavy atom. The van der Waals surface area contributed by atoms with Crippen LogP contribution in [0.4, 0.5) is 0 Å². The number of H-pyrrole nitrogens is 1. The lowest BCUT2D eigenvalue weighted by Crippen LogP contribution is -2.18. The Kier molecular flexibility index (Phi) is 3.10. The third kappa shape index (κ3) is 2.64. The van der Waals surface area contributed by atoms with Gasteiger partial charge in [-0.05, 0) is 42.0 Å². The van der Waals surface area contributed by atoms with Crippen LogP contribution in [0.5, 0.6) is 5.75 Å². The number of nitrogens with zero attached hydrogens (tertiary/aromatic N) is 3. The van der Waals surface area contributed by atoms with Gasteiger partial charge in [0.2, 0.25) is 4.77 Å². The first-order chi connectivity index (χ1) is 8.16. The van der Waals surface area contributed by atoms with Gasteiger partial charge in [-0.25, -0.2) is 0 Å². The minimum atomic E-state index is -0.413. The fourth-order valence-electron chi connectivity index (χ4n) is 1.14. The van der Waals surface area contributed by atoms with Gasteiger partial charge in [0.25, 0.3) is 5.56 Å². The largest absolute Gasteiger partial charge is 0.508 e. The second-order valence-corrected chi connectivity index (χ2v) is 3.55. The predicted octanol–water partition coefficient (Wildman–Crippen LogP) is 0.889. The molecule has 6 nitrogen and oxygen atoms in total. The molecule has 7 heteroatoms. The molecule has 2 rings (SSSR count). The van der Waals surface area contributed by atoms with Gasteiger partial charge in [0, 0.05) is 0 Å². The number of rotatable bonds is 2. The number of aromatic nitrogens is 3. The molecular formula is C10H8N4O2S. The maximum Gasteiger partial charge on any atom is 0.293 e. The second kappa shape index (κ2) is 4.71. The van der Waals surface area contributed by atoms with Gasteiger partial charge in [-0.1, -0.05) is 0 Å². The molecule has 2 aromatic rings. The van der Waals surface area contributed by atoms with E-state index in [0.29, 0.717) is 0 Å². The highest BCUT2D eigenvalue weighted by atomic mass is 32.1. The lowest BCUT2D eigenvalue weighted by atomic mass is 10.2. The molecule has 0 bridgehead atoms. The molecule has 0 fully saturated rings. The molecule has 0 amide bonds. The number of hydrogen-bond donors (Lipinski definition) is 2. The number of phenols is 1. The summed E-state index contributed by atoms with van der Waals surface area (Å²) < 4.78 is 1.14. The molecule has 0 saturated heterocycles. The second-order valence-electron chi connectivity index (χ2n) is 3.16. The van der Waals surface area contributed by atoms with E-state index in [2.05, 4.69) is 15.3 Å². The number of aromatic hydroxyl groups is 1. The standard InChI is InChI=1S/C10H8N4O2S/c15-8-3-1-7(2-4-8)5-12-14-9(16)6-11-13-10(14)17/h1-6,15H,(H,13,17)/b12-5+. The molecule has 0 spiro atoms. The Morgan fingerprint density at radius 3 is 2.76 bits per heavy atom. The van der Waals surface area contributed by atoms with E-state index in [1.165, 1.54) is 18.3 Å². The van der Waals surface area contributed by atoms with Crippen LogP contribution in [0.15, 0.2) is 40.4 Å². The van der Waals surface area contributed by atoms with Crippen LogP contribution < -0.4 is 5.56 Å². The first-order valence-corrected chi connectivity index (χ1v) is 5.08. The van der Waals surface area contributed by atoms with Crippen molar-refractivity contribution in [3.05, 3.63) is 51.2 Å². The average Bonchev–Trinajstić information content (AvgIpc) is 2.31. The zero-order valence-corrected chi connectivity index (χ0v) is 9.39. The predicted molar refractivity (Wildman–Crippen MR) is 64.8 cm³/mol. The molecule has 0 saturated carbocycles. The first-order valence-electron chi connectivity index (χ1n) is 4.67. The van der Waals surface area contributed by atoms with Gasteiger partial charge in [0.15, 0.2) is 0 Å². The van der Waals surface area contributed by atoms with E-state index in [4.69, 9.17) is 17.3 Å². The van der Waals surface area contributed by atoms with Crippen molar-refractivity contribution in [3.63, 3.8) is 0 Å². The Labute approximate surface area is 101 Å². The summed E-state index contributed by atoms with van der Waals surface area (Å²) in [4.78, 5) is 11.4. The van der Waals surface area contributed by atoms with Crippen molar-refractivity contribution < 1.29 is 5.11 Å². The van der Waals surface area contributed by atoms with Gasteiger partial charge in [-0.3, -0.25) is 9.89 Å². The third-order valence-electron chi connectivity index (χ3n) is 1.95. The van der Waals surface area contributed by atoms with Crippen molar-refractivity contribution in [2.75, 3.05) is 0 Å². The summed E-state index contributed by atoms with van der Waals surface area (Å²) in [5.74, 6) is 0.167. The third-order valence-corrected chi connectivity index (χ3v) is 2.22. The molecule has 0 radical (unpaired) electrons. The van der Waals surface area contributed by atoms with E-state index < -0.39 is 5.56 Å². The van der Waals surface area contributed by atoms with E-state index in [9.17, 15) is 4.79 Å². The summed E-state index contributed by atoms with van der Waals surface area (Å²) in [6.45, 7) is 0. The fraction of sp³-hybridized carbons (Fsp3) is 0. The highest BCUT2D eigenvalue weighted by molar-refractivity contribution is 7.71. The van der Waals surface area contributed by atoms with E-state index in [1.54, 1.807) is 12.1 Å². The monoisotopic (exact) mass is 248 g/mol. The molecule has 0 unspecified atom stereocenters. The van der Waals surface area contributed by atoms with Crippen molar-refractivity contribution in [2.24, 2.45) is 5.10 Å². The van der Waals surface area contributed by atoms with Gasteiger partial charge in [-0.2, -0.15) is 14.9 Å². The Hall–Kier alpha value is -2.28. The van der Waals surface area contributed by atoms with Gasteiger partial charge >= 0.3 is 0 Å². The quantitative estimate of drug-likeness (QED) is 0.610. The molecule has 0 aliphatic rings. The van der Waals surface area contributed by atoms with E-state index >= 15 is 0 Å². The molecule has 86 valence electrons. The molecule has 0 aliphatic carbocycles. The molecule has 2 N–H and O–H groups in total. The van der Waals surface area contributed by atoms with Gasteiger partial charge in [0.05, 0.1) is 6.21 Å². The smallest absolute Gasteiger partial charge is 0.293 e. The van der Waals surface area contributed by atoms with Crippen LogP contribution in [0, 0.1) is 4.77 Å². The maximum absolute atomic E-state index is 11.4. The highest BCUT2D eigenvalue weighted by Crippen LogP contribution is 2.07. The molecule has 1 aromatic heterocycles. The van der Waals surface area contributed by atoms with Crippen molar-refractivity contribution in [2.45, 2.75) is 0 Å². The molecule has 1 aromatic carbocycles. The molecule has 0 aliphatic heterocycles. The number of nitrogens with one attached hydrogen (secondary N) is 1. The Morgan fingerprint density at radius 2 is 2.12 bits per heavy atom. The molecule has 0 atom stereocenters. The summed E-state index contributed by atoms with van der Waals surface area (Å²) >= 11 is 4.87. The zero-order valence-electron chi connectivity index (χ0n) is 8.57. The number of aromatic amines is 1. The fourth-order valence-corrected chi connectivity index (χ4v) is 1.33. The molecular weight excluding hydrogens is 240 g/mol. The highest BCUT2D eigenvalue weighted by Gasteiger charge is 1.94. The van der Waals surface area contributed by atoms with Gasteiger partial charge in [0.1, 0.15) is 11.9 Å². The summed E-state index contributed by atoms with van der Waals surface area (Å²) in [6.07, 6.45) is 2.55. The van der Waals surface area contributed by atoms with Crippen LogP contribution in [-0.4, -0.2) is 26.2 Å². The van der Waals surface area contributed by atoms with Crippen molar-refractivity contribution in [3.8, 4) is 5.75 Å². The lowest BCUT2D eigenvalue weighted by Gasteiger charge is -1.96. The van der Waals surface area contributed by atoms with Crippen LogP contribution in [0.2, 0.25) is 0 Å². The zero-order chi connectivity index (χ0) is 12.3. The summed E-state index contributed by atoms with van der Waals surface area (Å²) in [5, 5.41) is 19.0. The van der Waals surface area contributed by atoms with Crippen LogP contribution in [0.25, 0.3) is 0 Å². The number of benzene rings is 1. The van der Waals surface area contributed by atoms with Crippen molar-refractivity contribution >= 4 is 18.4 Å². The summed E-state index contributed by atoms with van der Waals surface area (Å²) in [5.41, 5.74) is 0.324. The number of hydrogen-bond acceptors (Lipinski definition) is 5. The van der Waals surface area contributed by atoms with Crippen molar-refractivity contribution in [1.82, 2.24) is 14.9 Å². The van der Waals surface area contributed by atoms with Crippen LogP contribution >= 0.6 is 12.2 Å². The Bertz CT molecular complexity index is 629. The number of phenolic OH excluding ortho intramolecular Hbond substituents is 1. The van der Waals surface area contributed by atoms with E-state index in [1.807, 2.05) is 0 Å².